The smallest absolute Gasteiger partial charge is 0.289 e. The molecule has 2 aliphatic rings. The highest BCUT2D eigenvalue weighted by atomic mass is 32.1. The summed E-state index contributed by atoms with van der Waals surface area (Å²) in [5.74, 6) is -0.384. The number of nitrogens with zero attached hydrogens (tertiary/aromatic N) is 2. The van der Waals surface area contributed by atoms with Gasteiger partial charge in [0.15, 0.2) is 11.5 Å². The summed E-state index contributed by atoms with van der Waals surface area (Å²) in [5.41, 5.74) is 3.91. The average Bonchev–Trinajstić information content (AvgIpc) is 3.25. The molecule has 2 aliphatic heterocycles. The molecule has 2 amide bonds. The Labute approximate surface area is 185 Å². The predicted octanol–water partition coefficient (Wildman–Crippen LogP) is 2.92. The summed E-state index contributed by atoms with van der Waals surface area (Å²) in [4.78, 5) is 43.5. The normalized spacial score (nSPS) is 17.5. The number of fused-ring (bicyclic) bond motifs is 1. The number of nitrogens with one attached hydrogen (secondary N) is 1. The van der Waals surface area contributed by atoms with Gasteiger partial charge in [-0.2, -0.15) is 11.3 Å². The molecule has 31 heavy (non-hydrogen) atoms. The lowest BCUT2D eigenvalue weighted by atomic mass is 9.94. The van der Waals surface area contributed by atoms with E-state index in [0.717, 1.165) is 22.4 Å². The van der Waals surface area contributed by atoms with Crippen molar-refractivity contribution >= 4 is 28.9 Å². The summed E-state index contributed by atoms with van der Waals surface area (Å²) in [6.45, 7) is 6.83. The summed E-state index contributed by atoms with van der Waals surface area (Å²) >= 11 is 1.48. The van der Waals surface area contributed by atoms with Gasteiger partial charge in [0, 0.05) is 55.0 Å². The minimum Gasteiger partial charge on any atom is -0.481 e. The van der Waals surface area contributed by atoms with E-state index in [1.54, 1.807) is 31.0 Å². The maximum atomic E-state index is 13.0. The van der Waals surface area contributed by atoms with E-state index >= 15 is 0 Å². The number of ketones is 1. The van der Waals surface area contributed by atoms with Gasteiger partial charge in [-0.25, -0.2) is 0 Å². The minimum atomic E-state index is -0.684. The third kappa shape index (κ3) is 4.54. The van der Waals surface area contributed by atoms with Crippen molar-refractivity contribution in [3.05, 3.63) is 62.8 Å². The van der Waals surface area contributed by atoms with Crippen LogP contribution in [0.1, 0.15) is 53.0 Å². The fourth-order valence-electron chi connectivity index (χ4n) is 4.04. The summed E-state index contributed by atoms with van der Waals surface area (Å²) in [6.07, 6.45) is 4.01. The first-order valence-corrected chi connectivity index (χ1v) is 11.2. The summed E-state index contributed by atoms with van der Waals surface area (Å²) in [7, 11) is 0. The number of hydrogen-bond donors (Lipinski definition) is 1. The molecule has 8 heteroatoms. The van der Waals surface area contributed by atoms with E-state index in [2.05, 4.69) is 10.3 Å². The van der Waals surface area contributed by atoms with Crippen molar-refractivity contribution in [3.8, 4) is 0 Å². The number of pyridine rings is 1. The molecule has 0 unspecified atom stereocenters. The number of allylic oxidation sites excluding steroid dienone is 1. The predicted molar refractivity (Wildman–Crippen MR) is 116 cm³/mol. The third-order valence-electron chi connectivity index (χ3n) is 5.58. The maximum absolute atomic E-state index is 13.0. The van der Waals surface area contributed by atoms with Crippen LogP contribution < -0.4 is 5.32 Å². The van der Waals surface area contributed by atoms with Gasteiger partial charge < -0.3 is 15.0 Å². The van der Waals surface area contributed by atoms with Gasteiger partial charge in [0.1, 0.15) is 5.60 Å². The van der Waals surface area contributed by atoms with Crippen LogP contribution in [0.15, 0.2) is 34.9 Å². The number of thiophene rings is 1. The molecule has 4 heterocycles. The Bertz CT molecular complexity index is 1070. The second-order valence-electron chi connectivity index (χ2n) is 8.51. The SMILES string of the molecule is Cc1ncc2c(c1CNC(=O)c1ccsc1)CCN(C(=O)C1=CC(=O)CC(C)(C)O1)C2. The van der Waals surface area contributed by atoms with E-state index in [-0.39, 0.29) is 29.8 Å². The molecule has 0 saturated heterocycles. The standard InChI is InChI=1S/C23H25N3O4S/c1-14-19(11-25-21(28)15-5-7-31-13-15)18-4-6-26(12-16(18)10-24-14)22(29)20-8-17(27)9-23(2,3)30-20/h5,7-8,10,13H,4,6,9,11-12H2,1-3H3,(H,25,28). The van der Waals surface area contributed by atoms with Crippen molar-refractivity contribution in [2.24, 2.45) is 0 Å². The van der Waals surface area contributed by atoms with Gasteiger partial charge in [-0.15, -0.1) is 0 Å². The zero-order chi connectivity index (χ0) is 22.2. The Morgan fingerprint density at radius 1 is 1.35 bits per heavy atom. The highest BCUT2D eigenvalue weighted by molar-refractivity contribution is 7.08. The Morgan fingerprint density at radius 3 is 2.87 bits per heavy atom. The van der Waals surface area contributed by atoms with Crippen LogP contribution in [-0.4, -0.2) is 39.6 Å². The van der Waals surface area contributed by atoms with Gasteiger partial charge in [-0.1, -0.05) is 0 Å². The molecular weight excluding hydrogens is 414 g/mol. The summed E-state index contributed by atoms with van der Waals surface area (Å²) < 4.78 is 5.78. The fourth-order valence-corrected chi connectivity index (χ4v) is 4.67. The zero-order valence-electron chi connectivity index (χ0n) is 17.9. The van der Waals surface area contributed by atoms with E-state index in [0.29, 0.717) is 31.6 Å². The Morgan fingerprint density at radius 2 is 2.16 bits per heavy atom. The molecule has 0 radical (unpaired) electrons. The second-order valence-corrected chi connectivity index (χ2v) is 9.29. The number of ether oxygens (including phenoxy) is 1. The molecule has 7 nitrogen and oxygen atoms in total. The van der Waals surface area contributed by atoms with Crippen molar-refractivity contribution in [2.45, 2.75) is 52.3 Å². The molecule has 0 aliphatic carbocycles. The Balaban J connectivity index is 1.50. The van der Waals surface area contributed by atoms with Gasteiger partial charge in [-0.3, -0.25) is 19.4 Å². The first-order chi connectivity index (χ1) is 14.7. The van der Waals surface area contributed by atoms with Crippen LogP contribution in [0, 0.1) is 6.92 Å². The van der Waals surface area contributed by atoms with E-state index < -0.39 is 5.60 Å². The molecule has 2 aromatic rings. The lowest BCUT2D eigenvalue weighted by molar-refractivity contribution is -0.138. The third-order valence-corrected chi connectivity index (χ3v) is 6.26. The first-order valence-electron chi connectivity index (χ1n) is 10.2. The number of amides is 2. The van der Waals surface area contributed by atoms with Gasteiger partial charge in [-0.05, 0) is 55.3 Å². The van der Waals surface area contributed by atoms with Gasteiger partial charge >= 0.3 is 0 Å². The van der Waals surface area contributed by atoms with E-state index in [9.17, 15) is 14.4 Å². The van der Waals surface area contributed by atoms with Crippen molar-refractivity contribution in [1.29, 1.82) is 0 Å². The van der Waals surface area contributed by atoms with Crippen molar-refractivity contribution in [2.75, 3.05) is 6.54 Å². The molecule has 0 atom stereocenters. The number of carbonyl (C=O) groups is 3. The van der Waals surface area contributed by atoms with Gasteiger partial charge in [0.2, 0.25) is 0 Å². The summed E-state index contributed by atoms with van der Waals surface area (Å²) in [6, 6.07) is 1.79. The van der Waals surface area contributed by atoms with Crippen LogP contribution in [0.5, 0.6) is 0 Å². The van der Waals surface area contributed by atoms with E-state index in [1.807, 2.05) is 17.7 Å². The number of rotatable bonds is 4. The first kappa shape index (κ1) is 21.2. The molecule has 2 aromatic heterocycles. The number of carbonyl (C=O) groups excluding carboxylic acids is 3. The van der Waals surface area contributed by atoms with Gasteiger partial charge in [0.25, 0.3) is 11.8 Å². The molecule has 0 bridgehead atoms. The Kier molecular flexibility index (Phi) is 5.66. The van der Waals surface area contributed by atoms with Gasteiger partial charge in [0.05, 0.1) is 0 Å². The molecule has 0 spiro atoms. The highest BCUT2D eigenvalue weighted by Crippen LogP contribution is 2.29. The Hall–Kier alpha value is -3.00. The van der Waals surface area contributed by atoms with Crippen molar-refractivity contribution in [1.82, 2.24) is 15.2 Å². The second kappa shape index (κ2) is 8.26. The van der Waals surface area contributed by atoms with E-state index in [4.69, 9.17) is 4.74 Å². The minimum absolute atomic E-state index is 0.0991. The largest absolute Gasteiger partial charge is 0.481 e. The quantitative estimate of drug-likeness (QED) is 0.791. The van der Waals surface area contributed by atoms with Crippen LogP contribution in [-0.2, 0) is 33.8 Å². The van der Waals surface area contributed by atoms with Crippen molar-refractivity contribution < 1.29 is 19.1 Å². The molecule has 4 rings (SSSR count). The number of aryl methyl sites for hydroxylation is 1. The number of hydrogen-bond acceptors (Lipinski definition) is 6. The lowest BCUT2D eigenvalue weighted by Gasteiger charge is -2.34. The molecule has 162 valence electrons. The lowest BCUT2D eigenvalue weighted by Crippen LogP contribution is -2.42. The maximum Gasteiger partial charge on any atom is 0.289 e. The van der Waals surface area contributed by atoms with Crippen LogP contribution in [0.2, 0.25) is 0 Å². The summed E-state index contributed by atoms with van der Waals surface area (Å²) in [5, 5.41) is 6.66. The monoisotopic (exact) mass is 439 g/mol. The fraction of sp³-hybridized carbons (Fsp3) is 0.391. The topological polar surface area (TPSA) is 88.6 Å². The molecular formula is C23H25N3O4S. The van der Waals surface area contributed by atoms with Crippen LogP contribution in [0.3, 0.4) is 0 Å². The van der Waals surface area contributed by atoms with Crippen LogP contribution in [0.25, 0.3) is 0 Å². The van der Waals surface area contributed by atoms with Crippen LogP contribution in [0.4, 0.5) is 0 Å². The average molecular weight is 440 g/mol. The molecule has 0 fully saturated rings. The van der Waals surface area contributed by atoms with E-state index in [1.165, 1.54) is 17.4 Å². The molecule has 1 N–H and O–H groups in total. The van der Waals surface area contributed by atoms with Crippen molar-refractivity contribution in [3.63, 3.8) is 0 Å². The molecule has 0 saturated carbocycles. The zero-order valence-corrected chi connectivity index (χ0v) is 18.7. The highest BCUT2D eigenvalue weighted by Gasteiger charge is 2.34. The molecule has 0 aromatic carbocycles. The number of aromatic nitrogens is 1. The van der Waals surface area contributed by atoms with Crippen LogP contribution >= 0.6 is 11.3 Å².